The van der Waals surface area contributed by atoms with Gasteiger partial charge in [0.25, 0.3) is 0 Å². The Labute approximate surface area is 283 Å². The predicted molar refractivity (Wildman–Crippen MR) is 203 cm³/mol. The molecule has 0 radical (unpaired) electrons. The molecule has 0 N–H and O–H groups in total. The summed E-state index contributed by atoms with van der Waals surface area (Å²) in [5.74, 6) is 0.914. The molecular formula is C45H30N4. The normalized spacial score (nSPS) is 14.0. The summed E-state index contributed by atoms with van der Waals surface area (Å²) in [5.41, 5.74) is 14.1. The average molecular weight is 627 g/mol. The summed E-state index contributed by atoms with van der Waals surface area (Å²) in [5, 5.41) is 5.88. The fourth-order valence-corrected chi connectivity index (χ4v) is 8.69. The van der Waals surface area contributed by atoms with Gasteiger partial charge in [-0.15, -0.1) is 0 Å². The summed E-state index contributed by atoms with van der Waals surface area (Å²) in [6, 6.07) is 50.6. The first-order chi connectivity index (χ1) is 24.1. The van der Waals surface area contributed by atoms with Crippen LogP contribution in [-0.2, 0) is 5.41 Å². The highest BCUT2D eigenvalue weighted by Crippen LogP contribution is 2.52. The van der Waals surface area contributed by atoms with E-state index < -0.39 is 0 Å². The topological polar surface area (TPSA) is 34.0 Å². The number of anilines is 3. The van der Waals surface area contributed by atoms with Gasteiger partial charge in [0.1, 0.15) is 5.82 Å². The number of hydrogen-bond donors (Lipinski definition) is 0. The fraction of sp³-hybridized carbons (Fsp3) is 0.0667. The summed E-state index contributed by atoms with van der Waals surface area (Å²) < 4.78 is 2.45. The molecule has 0 amide bonds. The van der Waals surface area contributed by atoms with Gasteiger partial charge in [0.2, 0.25) is 0 Å². The standard InChI is InChI=1S/C45H30N4/c1-45(2)36-17-9-6-14-29(36)33-25-35-30-15-7-10-18-39(30)48(41(35)26-37(33)45)28-20-21-38-34(24-28)31-22-23-46-43-32-16-8-11-19-40(32)49(44(47-38)42(31)43)27-12-4-3-5-13-27/h3-26H,1-2H3. The summed E-state index contributed by atoms with van der Waals surface area (Å²) in [6.07, 6.45) is 1.95. The van der Waals surface area contributed by atoms with Crippen molar-refractivity contribution in [1.82, 2.24) is 14.5 Å². The molecule has 0 atom stereocenters. The summed E-state index contributed by atoms with van der Waals surface area (Å²) in [4.78, 5) is 12.6. The van der Waals surface area contributed by atoms with Crippen molar-refractivity contribution in [3.8, 4) is 28.1 Å². The van der Waals surface area contributed by atoms with E-state index >= 15 is 0 Å². The fourth-order valence-electron chi connectivity index (χ4n) is 8.69. The molecule has 4 heteroatoms. The number of nitrogens with zero attached hydrogens (tertiary/aromatic N) is 4. The van der Waals surface area contributed by atoms with Crippen LogP contribution in [0.4, 0.5) is 17.2 Å². The van der Waals surface area contributed by atoms with Crippen LogP contribution < -0.4 is 4.90 Å². The summed E-state index contributed by atoms with van der Waals surface area (Å²) in [6.45, 7) is 4.71. The van der Waals surface area contributed by atoms with Gasteiger partial charge in [0.05, 0.1) is 33.3 Å². The highest BCUT2D eigenvalue weighted by Gasteiger charge is 2.36. The zero-order valence-electron chi connectivity index (χ0n) is 27.1. The van der Waals surface area contributed by atoms with Gasteiger partial charge in [0, 0.05) is 44.7 Å². The first kappa shape index (κ1) is 26.8. The molecule has 0 fully saturated rings. The monoisotopic (exact) mass is 626 g/mol. The minimum absolute atomic E-state index is 0.0839. The van der Waals surface area contributed by atoms with E-state index in [-0.39, 0.29) is 5.41 Å². The molecule has 3 aromatic heterocycles. The molecule has 2 aliphatic rings. The van der Waals surface area contributed by atoms with Crippen molar-refractivity contribution < 1.29 is 0 Å². The molecule has 1 aliphatic carbocycles. The summed E-state index contributed by atoms with van der Waals surface area (Å²) >= 11 is 0. The highest BCUT2D eigenvalue weighted by atomic mass is 15.2. The first-order valence-corrected chi connectivity index (χ1v) is 16.9. The molecule has 0 spiro atoms. The lowest BCUT2D eigenvalue weighted by Gasteiger charge is -2.32. The number of para-hydroxylation sites is 3. The van der Waals surface area contributed by atoms with Gasteiger partial charge in [-0.25, -0.2) is 4.98 Å². The van der Waals surface area contributed by atoms with E-state index in [1.165, 1.54) is 44.1 Å². The molecule has 4 heterocycles. The van der Waals surface area contributed by atoms with Crippen molar-refractivity contribution in [2.75, 3.05) is 4.90 Å². The maximum absolute atomic E-state index is 5.40. The molecule has 49 heavy (non-hydrogen) atoms. The molecule has 4 nitrogen and oxygen atoms in total. The Morgan fingerprint density at radius 1 is 0.531 bits per heavy atom. The van der Waals surface area contributed by atoms with Crippen LogP contribution in [0.25, 0.3) is 71.6 Å². The number of aromatic nitrogens is 3. The number of rotatable bonds is 2. The minimum Gasteiger partial charge on any atom is -0.309 e. The van der Waals surface area contributed by atoms with E-state index in [0.29, 0.717) is 0 Å². The molecule has 230 valence electrons. The van der Waals surface area contributed by atoms with Crippen LogP contribution >= 0.6 is 0 Å². The zero-order valence-corrected chi connectivity index (χ0v) is 27.1. The second-order valence-corrected chi connectivity index (χ2v) is 13.8. The average Bonchev–Trinajstić information content (AvgIpc) is 3.59. The lowest BCUT2D eigenvalue weighted by atomic mass is 9.82. The smallest absolute Gasteiger partial charge is 0.148 e. The Kier molecular flexibility index (Phi) is 5.15. The third kappa shape index (κ3) is 3.47. The van der Waals surface area contributed by atoms with Crippen molar-refractivity contribution in [3.63, 3.8) is 0 Å². The summed E-state index contributed by atoms with van der Waals surface area (Å²) in [7, 11) is 0. The van der Waals surface area contributed by atoms with Gasteiger partial charge < -0.3 is 4.57 Å². The second-order valence-electron chi connectivity index (χ2n) is 13.8. The van der Waals surface area contributed by atoms with E-state index in [9.17, 15) is 0 Å². The third-order valence-corrected chi connectivity index (χ3v) is 10.9. The van der Waals surface area contributed by atoms with Crippen molar-refractivity contribution in [2.24, 2.45) is 0 Å². The molecule has 0 saturated carbocycles. The Balaban J connectivity index is 1.20. The molecule has 0 bridgehead atoms. The van der Waals surface area contributed by atoms with Crippen LogP contribution in [0.5, 0.6) is 0 Å². The van der Waals surface area contributed by atoms with Crippen molar-refractivity contribution in [2.45, 2.75) is 19.3 Å². The van der Waals surface area contributed by atoms with E-state index in [2.05, 4.69) is 163 Å². The van der Waals surface area contributed by atoms with Gasteiger partial charge in [0.15, 0.2) is 0 Å². The Hall–Kier alpha value is -6.26. The third-order valence-electron chi connectivity index (χ3n) is 10.9. The molecule has 11 rings (SSSR count). The van der Waals surface area contributed by atoms with E-state index in [1.807, 2.05) is 6.20 Å². The number of pyridine rings is 2. The van der Waals surface area contributed by atoms with E-state index in [0.717, 1.165) is 55.8 Å². The largest absolute Gasteiger partial charge is 0.309 e. The number of benzene rings is 6. The molecule has 0 unspecified atom stereocenters. The zero-order chi connectivity index (χ0) is 32.4. The Bertz CT molecular complexity index is 2860. The second kappa shape index (κ2) is 9.42. The van der Waals surface area contributed by atoms with Gasteiger partial charge in [-0.3, -0.25) is 9.88 Å². The van der Waals surface area contributed by atoms with E-state index in [1.54, 1.807) is 0 Å². The lowest BCUT2D eigenvalue weighted by Crippen LogP contribution is -2.17. The molecule has 0 saturated heterocycles. The van der Waals surface area contributed by atoms with Gasteiger partial charge in [-0.2, -0.15) is 0 Å². The molecular weight excluding hydrogens is 597 g/mol. The van der Waals surface area contributed by atoms with E-state index in [4.69, 9.17) is 9.97 Å². The predicted octanol–water partition coefficient (Wildman–Crippen LogP) is 11.6. The van der Waals surface area contributed by atoms with Crippen LogP contribution in [0.2, 0.25) is 0 Å². The van der Waals surface area contributed by atoms with Crippen molar-refractivity contribution >= 4 is 60.7 Å². The maximum atomic E-state index is 5.40. The first-order valence-electron chi connectivity index (χ1n) is 16.9. The minimum atomic E-state index is -0.0839. The quantitative estimate of drug-likeness (QED) is 0.179. The van der Waals surface area contributed by atoms with Crippen LogP contribution in [0.1, 0.15) is 25.0 Å². The highest BCUT2D eigenvalue weighted by molar-refractivity contribution is 6.20. The van der Waals surface area contributed by atoms with Gasteiger partial charge in [-0.1, -0.05) is 92.7 Å². The molecule has 6 aromatic carbocycles. The number of fused-ring (bicyclic) bond motifs is 10. The van der Waals surface area contributed by atoms with Gasteiger partial charge >= 0.3 is 0 Å². The Morgan fingerprint density at radius 3 is 2.20 bits per heavy atom. The van der Waals surface area contributed by atoms with Crippen LogP contribution in [-0.4, -0.2) is 14.5 Å². The number of hydrogen-bond acceptors (Lipinski definition) is 3. The Morgan fingerprint density at radius 2 is 1.31 bits per heavy atom. The molecule has 9 aromatic rings. The van der Waals surface area contributed by atoms with Crippen molar-refractivity contribution in [1.29, 1.82) is 0 Å². The van der Waals surface area contributed by atoms with Crippen LogP contribution in [0, 0.1) is 0 Å². The lowest BCUT2D eigenvalue weighted by molar-refractivity contribution is 0.661. The van der Waals surface area contributed by atoms with Crippen molar-refractivity contribution in [3.05, 3.63) is 157 Å². The molecule has 1 aliphatic heterocycles. The maximum Gasteiger partial charge on any atom is 0.148 e. The van der Waals surface area contributed by atoms with Gasteiger partial charge in [-0.05, 0) is 88.3 Å². The SMILES string of the molecule is CC1(C)c2ccccc2-c2cc3c4ccccc4n(-c4ccc5nc6c7c(nccc7c5c4)-c4ccccc4N6c4ccccc4)c3cc21. The van der Waals surface area contributed by atoms with Crippen LogP contribution in [0.15, 0.2) is 146 Å². The van der Waals surface area contributed by atoms with Crippen LogP contribution in [0.3, 0.4) is 0 Å².